The summed E-state index contributed by atoms with van der Waals surface area (Å²) in [4.78, 5) is 25.8. The van der Waals surface area contributed by atoms with Crippen molar-refractivity contribution in [2.24, 2.45) is 0 Å². The Balaban J connectivity index is 2.62. The fraction of sp³-hybridized carbons (Fsp3) is 0.300. The highest BCUT2D eigenvalue weighted by molar-refractivity contribution is 6.30. The molecule has 0 saturated carbocycles. The second-order valence-corrected chi connectivity index (χ2v) is 3.77. The van der Waals surface area contributed by atoms with Gasteiger partial charge in [-0.2, -0.15) is 0 Å². The van der Waals surface area contributed by atoms with Crippen molar-refractivity contribution < 1.29 is 14.7 Å². The molecule has 0 bridgehead atoms. The van der Waals surface area contributed by atoms with Crippen molar-refractivity contribution in [3.63, 3.8) is 0 Å². The molecule has 16 heavy (non-hydrogen) atoms. The molecule has 0 spiro atoms. The molecule has 1 unspecified atom stereocenters. The number of rotatable bonds is 4. The van der Waals surface area contributed by atoms with E-state index in [0.29, 0.717) is 5.02 Å². The van der Waals surface area contributed by atoms with Crippen LogP contribution in [0.3, 0.4) is 0 Å². The summed E-state index contributed by atoms with van der Waals surface area (Å²) in [6, 6.07) is 2.52. The quantitative estimate of drug-likeness (QED) is 0.835. The van der Waals surface area contributed by atoms with Crippen molar-refractivity contribution >= 4 is 23.5 Å². The molecule has 5 nitrogen and oxygen atoms in total. The predicted octanol–water partition coefficient (Wildman–Crippen LogP) is 1.33. The van der Waals surface area contributed by atoms with Gasteiger partial charge in [-0.05, 0) is 19.1 Å². The number of halogens is 1. The summed E-state index contributed by atoms with van der Waals surface area (Å²) in [6.07, 6.45) is 1.28. The molecule has 1 rings (SSSR count). The van der Waals surface area contributed by atoms with Gasteiger partial charge in [0.25, 0.3) is 5.91 Å². The van der Waals surface area contributed by atoms with Crippen molar-refractivity contribution in [3.8, 4) is 0 Å². The number of aliphatic carboxylic acids is 1. The van der Waals surface area contributed by atoms with Crippen molar-refractivity contribution in [3.05, 3.63) is 29.0 Å². The Morgan fingerprint density at radius 1 is 1.62 bits per heavy atom. The van der Waals surface area contributed by atoms with Crippen molar-refractivity contribution in [1.29, 1.82) is 0 Å². The topological polar surface area (TPSA) is 79.3 Å². The van der Waals surface area contributed by atoms with Crippen LogP contribution in [-0.2, 0) is 4.79 Å². The zero-order valence-corrected chi connectivity index (χ0v) is 9.36. The Hall–Kier alpha value is -1.62. The highest BCUT2D eigenvalue weighted by Gasteiger charge is 2.13. The number of carbonyl (C=O) groups is 2. The van der Waals surface area contributed by atoms with Gasteiger partial charge in [0, 0.05) is 17.3 Å². The van der Waals surface area contributed by atoms with Gasteiger partial charge < -0.3 is 10.4 Å². The van der Waals surface area contributed by atoms with Crippen LogP contribution in [0.15, 0.2) is 18.3 Å². The number of carboxylic acids is 1. The predicted molar refractivity (Wildman–Crippen MR) is 58.4 cm³/mol. The number of nitrogens with zero attached hydrogens (tertiary/aromatic N) is 1. The number of hydrogen-bond acceptors (Lipinski definition) is 3. The van der Waals surface area contributed by atoms with Gasteiger partial charge in [0.1, 0.15) is 5.69 Å². The smallest absolute Gasteiger partial charge is 0.305 e. The first kappa shape index (κ1) is 12.4. The lowest BCUT2D eigenvalue weighted by atomic mass is 10.2. The molecule has 1 atom stereocenters. The molecule has 0 saturated heterocycles. The van der Waals surface area contributed by atoms with Crippen LogP contribution in [0.1, 0.15) is 23.8 Å². The Morgan fingerprint density at radius 3 is 2.88 bits per heavy atom. The van der Waals surface area contributed by atoms with Crippen molar-refractivity contribution in [1.82, 2.24) is 10.3 Å². The first-order chi connectivity index (χ1) is 7.49. The van der Waals surface area contributed by atoms with E-state index < -0.39 is 17.9 Å². The van der Waals surface area contributed by atoms with E-state index in [1.807, 2.05) is 0 Å². The summed E-state index contributed by atoms with van der Waals surface area (Å²) in [5, 5.41) is 11.4. The third-order valence-corrected chi connectivity index (χ3v) is 2.05. The summed E-state index contributed by atoms with van der Waals surface area (Å²) in [7, 11) is 0. The van der Waals surface area contributed by atoms with E-state index in [-0.39, 0.29) is 12.1 Å². The Morgan fingerprint density at radius 2 is 2.31 bits per heavy atom. The minimum absolute atomic E-state index is 0.133. The van der Waals surface area contributed by atoms with E-state index >= 15 is 0 Å². The summed E-state index contributed by atoms with van der Waals surface area (Å²) in [5.74, 6) is -1.40. The molecule has 1 heterocycles. The molecule has 0 aliphatic rings. The maximum Gasteiger partial charge on any atom is 0.305 e. The maximum atomic E-state index is 11.6. The molecule has 0 aromatic carbocycles. The molecule has 0 aliphatic carbocycles. The summed E-state index contributed by atoms with van der Waals surface area (Å²) in [6.45, 7) is 1.61. The largest absolute Gasteiger partial charge is 0.481 e. The highest BCUT2D eigenvalue weighted by Crippen LogP contribution is 2.08. The molecular formula is C10H11ClN2O3. The lowest BCUT2D eigenvalue weighted by Gasteiger charge is -2.10. The molecule has 86 valence electrons. The standard InChI is InChI=1S/C10H11ClN2O3/c1-6(4-9(14)15)13-10(16)8-5-7(11)2-3-12-8/h2-3,5-6H,4H2,1H3,(H,13,16)(H,14,15). The van der Waals surface area contributed by atoms with Gasteiger partial charge in [-0.3, -0.25) is 14.6 Å². The SMILES string of the molecule is CC(CC(=O)O)NC(=O)c1cc(Cl)ccn1. The minimum Gasteiger partial charge on any atom is -0.481 e. The van der Waals surface area contributed by atoms with Gasteiger partial charge in [0.2, 0.25) is 0 Å². The first-order valence-corrected chi connectivity index (χ1v) is 5.01. The van der Waals surface area contributed by atoms with Gasteiger partial charge in [-0.15, -0.1) is 0 Å². The molecule has 6 heteroatoms. The average molecular weight is 243 g/mol. The zero-order valence-electron chi connectivity index (χ0n) is 8.61. The van der Waals surface area contributed by atoms with E-state index in [2.05, 4.69) is 10.3 Å². The Labute approximate surface area is 97.4 Å². The molecule has 1 aromatic rings. The van der Waals surface area contributed by atoms with Gasteiger partial charge >= 0.3 is 5.97 Å². The monoisotopic (exact) mass is 242 g/mol. The molecular weight excluding hydrogens is 232 g/mol. The second-order valence-electron chi connectivity index (χ2n) is 3.33. The number of carbonyl (C=O) groups excluding carboxylic acids is 1. The molecule has 1 aromatic heterocycles. The van der Waals surface area contributed by atoms with Crippen LogP contribution in [0.4, 0.5) is 0 Å². The van der Waals surface area contributed by atoms with Crippen LogP contribution in [0.25, 0.3) is 0 Å². The highest BCUT2D eigenvalue weighted by atomic mass is 35.5. The molecule has 0 aliphatic heterocycles. The van der Waals surface area contributed by atoms with Crippen LogP contribution in [0, 0.1) is 0 Å². The average Bonchev–Trinajstić information content (AvgIpc) is 2.16. The minimum atomic E-state index is -0.966. The van der Waals surface area contributed by atoms with Gasteiger partial charge in [-0.25, -0.2) is 0 Å². The number of nitrogens with one attached hydrogen (secondary N) is 1. The van der Waals surface area contributed by atoms with E-state index in [4.69, 9.17) is 16.7 Å². The number of aromatic nitrogens is 1. The van der Waals surface area contributed by atoms with Crippen LogP contribution >= 0.6 is 11.6 Å². The Kier molecular flexibility index (Phi) is 4.25. The van der Waals surface area contributed by atoms with Gasteiger partial charge in [-0.1, -0.05) is 11.6 Å². The van der Waals surface area contributed by atoms with E-state index in [1.54, 1.807) is 13.0 Å². The van der Waals surface area contributed by atoms with Crippen LogP contribution in [0.2, 0.25) is 5.02 Å². The molecule has 2 N–H and O–H groups in total. The fourth-order valence-electron chi connectivity index (χ4n) is 1.14. The van der Waals surface area contributed by atoms with Crippen molar-refractivity contribution in [2.45, 2.75) is 19.4 Å². The lowest BCUT2D eigenvalue weighted by molar-refractivity contribution is -0.137. The second kappa shape index (κ2) is 5.46. The summed E-state index contributed by atoms with van der Waals surface area (Å²) < 4.78 is 0. The van der Waals surface area contributed by atoms with Crippen LogP contribution in [0.5, 0.6) is 0 Å². The molecule has 0 radical (unpaired) electrons. The van der Waals surface area contributed by atoms with Crippen LogP contribution < -0.4 is 5.32 Å². The zero-order chi connectivity index (χ0) is 12.1. The Bertz CT molecular complexity index is 409. The first-order valence-electron chi connectivity index (χ1n) is 4.63. The number of pyridine rings is 1. The summed E-state index contributed by atoms with van der Waals surface area (Å²) in [5.41, 5.74) is 0.171. The molecule has 0 fully saturated rings. The third kappa shape index (κ3) is 3.86. The van der Waals surface area contributed by atoms with Crippen LogP contribution in [-0.4, -0.2) is 28.0 Å². The van der Waals surface area contributed by atoms with E-state index in [1.165, 1.54) is 12.3 Å². The number of amides is 1. The number of hydrogen-bond donors (Lipinski definition) is 2. The normalized spacial score (nSPS) is 11.9. The van der Waals surface area contributed by atoms with Gasteiger partial charge in [0.05, 0.1) is 6.42 Å². The third-order valence-electron chi connectivity index (χ3n) is 1.81. The number of carboxylic acid groups (broad SMARTS) is 1. The van der Waals surface area contributed by atoms with Gasteiger partial charge in [0.15, 0.2) is 0 Å². The lowest BCUT2D eigenvalue weighted by Crippen LogP contribution is -2.34. The van der Waals surface area contributed by atoms with Crippen molar-refractivity contribution in [2.75, 3.05) is 0 Å². The maximum absolute atomic E-state index is 11.6. The van der Waals surface area contributed by atoms with E-state index in [0.717, 1.165) is 0 Å². The molecule has 1 amide bonds. The summed E-state index contributed by atoms with van der Waals surface area (Å²) >= 11 is 5.70. The fourth-order valence-corrected chi connectivity index (χ4v) is 1.30. The van der Waals surface area contributed by atoms with E-state index in [9.17, 15) is 9.59 Å².